The van der Waals surface area contributed by atoms with Crippen molar-refractivity contribution in [2.24, 2.45) is 11.1 Å². The van der Waals surface area contributed by atoms with Crippen LogP contribution in [0.3, 0.4) is 0 Å². The van der Waals surface area contributed by atoms with E-state index < -0.39 is 0 Å². The first kappa shape index (κ1) is 16.0. The molecule has 0 aromatic heterocycles. The highest BCUT2D eigenvalue weighted by Crippen LogP contribution is 2.20. The predicted molar refractivity (Wildman–Crippen MR) is 80.6 cm³/mol. The molecule has 0 atom stereocenters. The molecule has 0 heterocycles. The van der Waals surface area contributed by atoms with Crippen LogP contribution in [-0.4, -0.2) is 30.4 Å². The van der Waals surface area contributed by atoms with Crippen molar-refractivity contribution in [1.82, 2.24) is 4.90 Å². The Kier molecular flexibility index (Phi) is 5.39. The Morgan fingerprint density at radius 3 is 2.53 bits per heavy atom. The maximum atomic E-state index is 12.5. The quantitative estimate of drug-likeness (QED) is 0.902. The largest absolute Gasteiger partial charge is 0.338 e. The number of carbonyl (C=O) groups is 1. The van der Waals surface area contributed by atoms with Crippen molar-refractivity contribution in [3.8, 4) is 0 Å². The van der Waals surface area contributed by atoms with Crippen molar-refractivity contribution in [2.45, 2.75) is 27.7 Å². The lowest BCUT2D eigenvalue weighted by Gasteiger charge is -2.31. The molecule has 1 amide bonds. The molecular weight excluding hydrogens is 260 g/mol. The van der Waals surface area contributed by atoms with Crippen LogP contribution in [0.1, 0.15) is 36.7 Å². The summed E-state index contributed by atoms with van der Waals surface area (Å²) < 4.78 is 0. The monoisotopic (exact) mass is 282 g/mol. The molecule has 0 aliphatic carbocycles. The molecule has 1 aromatic rings. The average molecular weight is 283 g/mol. The molecule has 0 aliphatic heterocycles. The van der Waals surface area contributed by atoms with Gasteiger partial charge in [-0.3, -0.25) is 4.79 Å². The van der Waals surface area contributed by atoms with Crippen molar-refractivity contribution >= 4 is 17.5 Å². The fourth-order valence-corrected chi connectivity index (χ4v) is 2.17. The number of carbonyl (C=O) groups excluding carboxylic acids is 1. The second kappa shape index (κ2) is 6.40. The highest BCUT2D eigenvalue weighted by atomic mass is 35.5. The Morgan fingerprint density at radius 1 is 1.42 bits per heavy atom. The predicted octanol–water partition coefficient (Wildman–Crippen LogP) is 3.10. The Labute approximate surface area is 120 Å². The van der Waals surface area contributed by atoms with E-state index in [0.29, 0.717) is 30.2 Å². The van der Waals surface area contributed by atoms with Crippen LogP contribution in [0.15, 0.2) is 18.2 Å². The number of nitrogens with two attached hydrogens (primary N) is 1. The third-order valence-corrected chi connectivity index (χ3v) is 3.49. The van der Waals surface area contributed by atoms with Gasteiger partial charge in [0.15, 0.2) is 0 Å². The van der Waals surface area contributed by atoms with Crippen LogP contribution in [0, 0.1) is 12.3 Å². The third kappa shape index (κ3) is 4.22. The topological polar surface area (TPSA) is 46.3 Å². The third-order valence-electron chi connectivity index (χ3n) is 3.26. The molecule has 0 bridgehead atoms. The SMILES string of the molecule is CCN(CC(C)(C)CN)C(=O)c1ccc(Cl)cc1C. The van der Waals surface area contributed by atoms with Gasteiger partial charge in [-0.15, -0.1) is 0 Å². The van der Waals surface area contributed by atoms with E-state index in [9.17, 15) is 4.79 Å². The normalized spacial score (nSPS) is 11.5. The molecule has 0 saturated heterocycles. The van der Waals surface area contributed by atoms with Gasteiger partial charge < -0.3 is 10.6 Å². The lowest BCUT2D eigenvalue weighted by Crippen LogP contribution is -2.42. The summed E-state index contributed by atoms with van der Waals surface area (Å²) >= 11 is 5.92. The van der Waals surface area contributed by atoms with E-state index in [1.807, 2.05) is 24.8 Å². The van der Waals surface area contributed by atoms with E-state index in [4.69, 9.17) is 17.3 Å². The van der Waals surface area contributed by atoms with Gasteiger partial charge in [-0.25, -0.2) is 0 Å². The summed E-state index contributed by atoms with van der Waals surface area (Å²) in [5.41, 5.74) is 7.28. The highest BCUT2D eigenvalue weighted by molar-refractivity contribution is 6.30. The van der Waals surface area contributed by atoms with Crippen LogP contribution in [0.2, 0.25) is 5.02 Å². The Hall–Kier alpha value is -1.06. The second-order valence-electron chi connectivity index (χ2n) is 5.65. The van der Waals surface area contributed by atoms with E-state index in [1.54, 1.807) is 12.1 Å². The van der Waals surface area contributed by atoms with Gasteiger partial charge in [0.25, 0.3) is 5.91 Å². The minimum absolute atomic E-state index is 0.0400. The van der Waals surface area contributed by atoms with Crippen LogP contribution in [0.4, 0.5) is 0 Å². The zero-order chi connectivity index (χ0) is 14.6. The van der Waals surface area contributed by atoms with Gasteiger partial charge in [0.1, 0.15) is 0 Å². The molecule has 0 saturated carbocycles. The highest BCUT2D eigenvalue weighted by Gasteiger charge is 2.24. The number of aryl methyl sites for hydroxylation is 1. The molecule has 0 fully saturated rings. The summed E-state index contributed by atoms with van der Waals surface area (Å²) in [7, 11) is 0. The zero-order valence-corrected chi connectivity index (χ0v) is 12.9. The lowest BCUT2D eigenvalue weighted by molar-refractivity contribution is 0.0700. The number of amides is 1. The second-order valence-corrected chi connectivity index (χ2v) is 6.08. The summed E-state index contributed by atoms with van der Waals surface area (Å²) in [6.45, 7) is 9.90. The number of benzene rings is 1. The zero-order valence-electron chi connectivity index (χ0n) is 12.2. The molecule has 0 unspecified atom stereocenters. The number of hydrogen-bond donors (Lipinski definition) is 1. The first-order chi connectivity index (χ1) is 8.80. The number of hydrogen-bond acceptors (Lipinski definition) is 2. The Morgan fingerprint density at radius 2 is 2.05 bits per heavy atom. The minimum atomic E-state index is -0.0774. The van der Waals surface area contributed by atoms with Gasteiger partial charge in [-0.2, -0.15) is 0 Å². The standard InChI is InChI=1S/C15H23ClN2O/c1-5-18(10-15(3,4)9-17)14(19)13-7-6-12(16)8-11(13)2/h6-8H,5,9-10,17H2,1-4H3. The smallest absolute Gasteiger partial charge is 0.254 e. The molecule has 2 N–H and O–H groups in total. The van der Waals surface area contributed by atoms with E-state index in [1.165, 1.54) is 0 Å². The number of rotatable bonds is 5. The van der Waals surface area contributed by atoms with Crippen molar-refractivity contribution in [2.75, 3.05) is 19.6 Å². The summed E-state index contributed by atoms with van der Waals surface area (Å²) in [5, 5.41) is 0.652. The Balaban J connectivity index is 2.96. The van der Waals surface area contributed by atoms with Crippen molar-refractivity contribution in [3.05, 3.63) is 34.3 Å². The average Bonchev–Trinajstić information content (AvgIpc) is 2.35. The van der Waals surface area contributed by atoms with Gasteiger partial charge in [0, 0.05) is 23.7 Å². The molecule has 19 heavy (non-hydrogen) atoms. The van der Waals surface area contributed by atoms with Crippen molar-refractivity contribution in [3.63, 3.8) is 0 Å². The molecule has 1 rings (SSSR count). The van der Waals surface area contributed by atoms with Gasteiger partial charge >= 0.3 is 0 Å². The lowest BCUT2D eigenvalue weighted by atomic mass is 9.92. The van der Waals surface area contributed by atoms with E-state index >= 15 is 0 Å². The van der Waals surface area contributed by atoms with Crippen LogP contribution in [0.5, 0.6) is 0 Å². The van der Waals surface area contributed by atoms with Crippen LogP contribution in [-0.2, 0) is 0 Å². The summed E-state index contributed by atoms with van der Waals surface area (Å²) in [5.74, 6) is 0.0400. The molecule has 0 aliphatic rings. The Bertz CT molecular complexity index is 457. The van der Waals surface area contributed by atoms with Gasteiger partial charge in [-0.1, -0.05) is 25.4 Å². The molecule has 1 aromatic carbocycles. The molecule has 0 radical (unpaired) electrons. The van der Waals surface area contributed by atoms with E-state index in [0.717, 1.165) is 5.56 Å². The molecular formula is C15H23ClN2O. The van der Waals surface area contributed by atoms with Crippen LogP contribution >= 0.6 is 11.6 Å². The van der Waals surface area contributed by atoms with Crippen molar-refractivity contribution < 1.29 is 4.79 Å². The fraction of sp³-hybridized carbons (Fsp3) is 0.533. The van der Waals surface area contributed by atoms with Gasteiger partial charge in [-0.05, 0) is 49.6 Å². The summed E-state index contributed by atoms with van der Waals surface area (Å²) in [6, 6.07) is 5.36. The molecule has 106 valence electrons. The fourth-order valence-electron chi connectivity index (χ4n) is 1.95. The minimum Gasteiger partial charge on any atom is -0.338 e. The summed E-state index contributed by atoms with van der Waals surface area (Å²) in [6.07, 6.45) is 0. The molecule has 3 nitrogen and oxygen atoms in total. The van der Waals surface area contributed by atoms with E-state index in [2.05, 4.69) is 13.8 Å². The van der Waals surface area contributed by atoms with Gasteiger partial charge in [0.2, 0.25) is 0 Å². The maximum Gasteiger partial charge on any atom is 0.254 e. The van der Waals surface area contributed by atoms with Crippen LogP contribution < -0.4 is 5.73 Å². The van der Waals surface area contributed by atoms with E-state index in [-0.39, 0.29) is 11.3 Å². The first-order valence-electron chi connectivity index (χ1n) is 6.56. The number of halogens is 1. The molecule has 4 heteroatoms. The first-order valence-corrected chi connectivity index (χ1v) is 6.94. The van der Waals surface area contributed by atoms with Gasteiger partial charge in [0.05, 0.1) is 0 Å². The van der Waals surface area contributed by atoms with Crippen molar-refractivity contribution in [1.29, 1.82) is 0 Å². The maximum absolute atomic E-state index is 12.5. The number of nitrogens with zero attached hydrogens (tertiary/aromatic N) is 1. The van der Waals surface area contributed by atoms with Crippen LogP contribution in [0.25, 0.3) is 0 Å². The molecule has 0 spiro atoms. The summed E-state index contributed by atoms with van der Waals surface area (Å²) in [4.78, 5) is 14.4.